The minimum Gasteiger partial charge on any atom is -0.493 e. The van der Waals surface area contributed by atoms with Crippen LogP contribution in [0.25, 0.3) is 0 Å². The Morgan fingerprint density at radius 3 is 2.43 bits per heavy atom. The molecule has 2 rings (SSSR count). The van der Waals surface area contributed by atoms with Gasteiger partial charge in [-0.1, -0.05) is 11.6 Å². The molecule has 0 fully saturated rings. The van der Waals surface area contributed by atoms with Crippen LogP contribution in [-0.4, -0.2) is 19.4 Å². The zero-order chi connectivity index (χ0) is 16.8. The third kappa shape index (κ3) is 4.82. The van der Waals surface area contributed by atoms with Crippen LogP contribution in [0.4, 0.5) is 14.5 Å². The number of hydrogen-bond donors (Lipinski definition) is 1. The smallest absolute Gasteiger partial charge is 0.387 e. The third-order valence-corrected chi connectivity index (χ3v) is 3.25. The van der Waals surface area contributed by atoms with Gasteiger partial charge in [0.1, 0.15) is 0 Å². The molecule has 4 nitrogen and oxygen atoms in total. The van der Waals surface area contributed by atoms with E-state index in [0.29, 0.717) is 16.3 Å². The molecular formula is C16H15ClF2N2O2. The Kier molecular flexibility index (Phi) is 5.76. The average Bonchev–Trinajstić information content (AvgIpc) is 2.54. The normalized spacial score (nSPS) is 11.5. The van der Waals surface area contributed by atoms with Gasteiger partial charge < -0.3 is 9.47 Å². The second-order valence-electron chi connectivity index (χ2n) is 4.56. The summed E-state index contributed by atoms with van der Waals surface area (Å²) in [6.45, 7) is -1.12. The molecule has 0 bridgehead atoms. The second-order valence-corrected chi connectivity index (χ2v) is 5.00. The largest absolute Gasteiger partial charge is 0.493 e. The number of hydrogen-bond acceptors (Lipinski definition) is 4. The van der Waals surface area contributed by atoms with Crippen LogP contribution in [0.2, 0.25) is 5.02 Å². The van der Waals surface area contributed by atoms with Gasteiger partial charge >= 0.3 is 6.61 Å². The number of ether oxygens (including phenoxy) is 2. The van der Waals surface area contributed by atoms with Gasteiger partial charge in [0, 0.05) is 10.6 Å². The van der Waals surface area contributed by atoms with E-state index in [2.05, 4.69) is 15.3 Å². The zero-order valence-corrected chi connectivity index (χ0v) is 13.3. The molecule has 0 radical (unpaired) electrons. The quantitative estimate of drug-likeness (QED) is 0.607. The van der Waals surface area contributed by atoms with Crippen LogP contribution in [0.1, 0.15) is 12.5 Å². The van der Waals surface area contributed by atoms with Gasteiger partial charge in [0.2, 0.25) is 0 Å². The van der Waals surface area contributed by atoms with Gasteiger partial charge in [-0.25, -0.2) is 0 Å². The van der Waals surface area contributed by atoms with Gasteiger partial charge in [-0.15, -0.1) is 0 Å². The number of rotatable bonds is 6. The monoisotopic (exact) mass is 340 g/mol. The topological polar surface area (TPSA) is 42.8 Å². The number of halogens is 3. The van der Waals surface area contributed by atoms with Crippen LogP contribution in [0.3, 0.4) is 0 Å². The second kappa shape index (κ2) is 7.78. The fourth-order valence-electron chi connectivity index (χ4n) is 1.82. The maximum Gasteiger partial charge on any atom is 0.387 e. The average molecular weight is 341 g/mol. The van der Waals surface area contributed by atoms with Crippen molar-refractivity contribution in [3.63, 3.8) is 0 Å². The Morgan fingerprint density at radius 1 is 1.13 bits per heavy atom. The Morgan fingerprint density at radius 2 is 1.83 bits per heavy atom. The van der Waals surface area contributed by atoms with E-state index in [9.17, 15) is 8.78 Å². The van der Waals surface area contributed by atoms with E-state index in [1.165, 1.54) is 13.2 Å². The molecule has 0 amide bonds. The Balaban J connectivity index is 2.16. The predicted molar refractivity (Wildman–Crippen MR) is 86.9 cm³/mol. The molecule has 0 aliphatic heterocycles. The molecule has 0 saturated heterocycles. The number of hydrazone groups is 1. The summed E-state index contributed by atoms with van der Waals surface area (Å²) >= 11 is 5.81. The highest BCUT2D eigenvalue weighted by Gasteiger charge is 2.12. The summed E-state index contributed by atoms with van der Waals surface area (Å²) in [5.41, 5.74) is 5.04. The molecule has 23 heavy (non-hydrogen) atoms. The van der Waals surface area contributed by atoms with Gasteiger partial charge in [0.05, 0.1) is 18.5 Å². The highest BCUT2D eigenvalue weighted by Crippen LogP contribution is 2.29. The Hall–Kier alpha value is -2.34. The van der Waals surface area contributed by atoms with E-state index in [1.54, 1.807) is 43.3 Å². The molecule has 0 aliphatic carbocycles. The molecule has 1 N–H and O–H groups in total. The highest BCUT2D eigenvalue weighted by molar-refractivity contribution is 6.30. The first-order valence-corrected chi connectivity index (χ1v) is 7.06. The van der Waals surface area contributed by atoms with Gasteiger partial charge in [-0.3, -0.25) is 5.43 Å². The van der Waals surface area contributed by atoms with E-state index >= 15 is 0 Å². The number of nitrogens with one attached hydrogen (secondary N) is 1. The van der Waals surface area contributed by atoms with Crippen LogP contribution >= 0.6 is 11.6 Å². The number of alkyl halides is 2. The molecule has 122 valence electrons. The van der Waals surface area contributed by atoms with Gasteiger partial charge in [-0.05, 0) is 49.4 Å². The van der Waals surface area contributed by atoms with Crippen LogP contribution < -0.4 is 14.9 Å². The van der Waals surface area contributed by atoms with Crippen LogP contribution in [0, 0.1) is 0 Å². The zero-order valence-electron chi connectivity index (χ0n) is 12.5. The summed E-state index contributed by atoms with van der Waals surface area (Å²) in [5.74, 6) is 0.188. The van der Waals surface area contributed by atoms with Crippen molar-refractivity contribution in [2.24, 2.45) is 5.10 Å². The summed E-state index contributed by atoms with van der Waals surface area (Å²) in [6, 6.07) is 11.7. The number of methoxy groups -OCH3 is 1. The first-order valence-electron chi connectivity index (χ1n) is 6.68. The molecule has 0 heterocycles. The molecule has 0 unspecified atom stereocenters. The lowest BCUT2D eigenvalue weighted by Gasteiger charge is -2.11. The molecular weight excluding hydrogens is 326 g/mol. The lowest BCUT2D eigenvalue weighted by Crippen LogP contribution is -2.05. The van der Waals surface area contributed by atoms with Crippen molar-refractivity contribution in [2.45, 2.75) is 13.5 Å². The van der Waals surface area contributed by atoms with Gasteiger partial charge in [0.15, 0.2) is 11.5 Å². The van der Waals surface area contributed by atoms with E-state index in [1.807, 2.05) is 0 Å². The fourth-order valence-corrected chi connectivity index (χ4v) is 1.95. The minimum absolute atomic E-state index is 0.0234. The van der Waals surface area contributed by atoms with Crippen molar-refractivity contribution >= 4 is 23.0 Å². The maximum atomic E-state index is 12.3. The van der Waals surface area contributed by atoms with Crippen LogP contribution in [0.15, 0.2) is 47.6 Å². The van der Waals surface area contributed by atoms with E-state index < -0.39 is 6.61 Å². The molecule has 2 aromatic rings. The van der Waals surface area contributed by atoms with Crippen molar-refractivity contribution in [2.75, 3.05) is 12.5 Å². The molecule has 0 aromatic heterocycles. The Bertz CT molecular complexity index is 691. The van der Waals surface area contributed by atoms with Crippen molar-refractivity contribution in [1.82, 2.24) is 0 Å². The van der Waals surface area contributed by atoms with Crippen molar-refractivity contribution in [1.29, 1.82) is 0 Å². The van der Waals surface area contributed by atoms with Crippen molar-refractivity contribution in [3.8, 4) is 11.5 Å². The van der Waals surface area contributed by atoms with Crippen LogP contribution in [0.5, 0.6) is 11.5 Å². The maximum absolute atomic E-state index is 12.3. The van der Waals surface area contributed by atoms with E-state index in [4.69, 9.17) is 16.3 Å². The lowest BCUT2D eigenvalue weighted by atomic mass is 10.1. The van der Waals surface area contributed by atoms with E-state index in [0.717, 1.165) is 5.69 Å². The molecule has 7 heteroatoms. The first-order chi connectivity index (χ1) is 11.0. The number of benzene rings is 2. The first kappa shape index (κ1) is 17.0. The SMILES string of the molecule is COc1cc(/C(C)=N\Nc2ccc(Cl)cc2)ccc1OC(F)F. The van der Waals surface area contributed by atoms with Gasteiger partial charge in [-0.2, -0.15) is 13.9 Å². The minimum atomic E-state index is -2.91. The van der Waals surface area contributed by atoms with Crippen molar-refractivity contribution in [3.05, 3.63) is 53.1 Å². The number of anilines is 1. The summed E-state index contributed by atoms with van der Waals surface area (Å²) in [6.07, 6.45) is 0. The molecule has 2 aromatic carbocycles. The molecule has 0 aliphatic rings. The predicted octanol–water partition coefficient (Wildman–Crippen LogP) is 4.79. The van der Waals surface area contributed by atoms with Gasteiger partial charge in [0.25, 0.3) is 0 Å². The molecule has 0 atom stereocenters. The molecule has 0 saturated carbocycles. The highest BCUT2D eigenvalue weighted by atomic mass is 35.5. The van der Waals surface area contributed by atoms with Crippen molar-refractivity contribution < 1.29 is 18.3 Å². The molecule has 0 spiro atoms. The summed E-state index contributed by atoms with van der Waals surface area (Å²) in [4.78, 5) is 0. The Labute approximate surface area is 137 Å². The van der Waals surface area contributed by atoms with Crippen LogP contribution in [-0.2, 0) is 0 Å². The van der Waals surface area contributed by atoms with E-state index in [-0.39, 0.29) is 11.5 Å². The lowest BCUT2D eigenvalue weighted by molar-refractivity contribution is -0.0512. The summed E-state index contributed by atoms with van der Waals surface area (Å²) < 4.78 is 34.1. The fraction of sp³-hybridized carbons (Fsp3) is 0.188. The summed E-state index contributed by atoms with van der Waals surface area (Å²) in [7, 11) is 1.38. The standard InChI is InChI=1S/C16H15ClF2N2O2/c1-10(20-21-13-6-4-12(17)5-7-13)11-3-8-14(23-16(18)19)15(9-11)22-2/h3-9,16,21H,1-2H3/b20-10-. The third-order valence-electron chi connectivity index (χ3n) is 2.99. The number of nitrogens with zero attached hydrogens (tertiary/aromatic N) is 1. The summed E-state index contributed by atoms with van der Waals surface area (Å²) in [5, 5.41) is 4.87.